The minimum Gasteiger partial charge on any atom is -0.475 e. The van der Waals surface area contributed by atoms with E-state index in [4.69, 9.17) is 9.72 Å². The minimum absolute atomic E-state index is 0.0715. The summed E-state index contributed by atoms with van der Waals surface area (Å²) >= 11 is 0. The van der Waals surface area contributed by atoms with Crippen molar-refractivity contribution in [3.63, 3.8) is 0 Å². The lowest BCUT2D eigenvalue weighted by atomic mass is 9.87. The molecular formula is C38H48N6O4S. The Hall–Kier alpha value is -4.51. The number of hydrogen-bond acceptors (Lipinski definition) is 8. The number of anilines is 2. The zero-order chi connectivity index (χ0) is 35.7. The van der Waals surface area contributed by atoms with Crippen LogP contribution in [0.4, 0.5) is 11.6 Å². The second-order valence-corrected chi connectivity index (χ2v) is 17.1. The fourth-order valence-corrected chi connectivity index (χ4v) is 7.25. The number of amides is 1. The monoisotopic (exact) mass is 684 g/mol. The van der Waals surface area contributed by atoms with Crippen molar-refractivity contribution in [3.8, 4) is 17.1 Å². The van der Waals surface area contributed by atoms with Gasteiger partial charge >= 0.3 is 0 Å². The molecule has 0 saturated carbocycles. The molecule has 0 fully saturated rings. The number of aryl methyl sites for hydroxylation is 2. The molecular weight excluding hydrogens is 637 g/mol. The standard InChI is InChI=1S/C38H48N6O4S/c1-25-12-10-13-26(2)34(25)32-19-33-41-36(40-32)42-49(46,47)31-15-11-14-27(18-31)35(45)44(30(23-48-33)20-37(3,4)5)22-28-16-17-29(21-39-28)43(9)24-38(6,7)8/h10-19,21,30H,20,22-24H2,1-9H3,(H,40,41,42)/t30-/m1/s1. The number of sulfonamides is 1. The van der Waals surface area contributed by atoms with Crippen LogP contribution in [0, 0.1) is 24.7 Å². The first-order chi connectivity index (χ1) is 22.9. The van der Waals surface area contributed by atoms with Crippen molar-refractivity contribution in [1.82, 2.24) is 19.9 Å². The molecule has 0 spiro atoms. The number of carbonyl (C=O) groups is 1. The Labute approximate surface area is 291 Å². The average Bonchev–Trinajstić information content (AvgIpc) is 3.00. The van der Waals surface area contributed by atoms with Crippen LogP contribution in [-0.4, -0.2) is 60.4 Å². The molecule has 1 N–H and O–H groups in total. The van der Waals surface area contributed by atoms with Gasteiger partial charge in [-0.15, -0.1) is 0 Å². The van der Waals surface area contributed by atoms with Crippen molar-refractivity contribution in [2.45, 2.75) is 79.3 Å². The number of nitrogens with one attached hydrogen (secondary N) is 1. The first kappa shape index (κ1) is 35.8. The van der Waals surface area contributed by atoms with Crippen LogP contribution in [0.15, 0.2) is 71.8 Å². The molecule has 0 saturated heterocycles. The normalized spacial score (nSPS) is 16.5. The largest absolute Gasteiger partial charge is 0.475 e. The van der Waals surface area contributed by atoms with E-state index in [1.54, 1.807) is 23.1 Å². The zero-order valence-corrected chi connectivity index (χ0v) is 30.9. The predicted molar refractivity (Wildman–Crippen MR) is 194 cm³/mol. The van der Waals surface area contributed by atoms with Crippen LogP contribution in [-0.2, 0) is 16.6 Å². The summed E-state index contributed by atoms with van der Waals surface area (Å²) in [5, 5.41) is 0. The van der Waals surface area contributed by atoms with Crippen molar-refractivity contribution < 1.29 is 17.9 Å². The summed E-state index contributed by atoms with van der Waals surface area (Å²) in [4.78, 5) is 32.2. The maximum Gasteiger partial charge on any atom is 0.264 e. The smallest absolute Gasteiger partial charge is 0.264 e. The third-order valence-corrected chi connectivity index (χ3v) is 9.65. The van der Waals surface area contributed by atoms with Gasteiger partial charge in [0.1, 0.15) is 6.61 Å². The average molecular weight is 685 g/mol. The van der Waals surface area contributed by atoms with Crippen molar-refractivity contribution in [2.75, 3.05) is 29.8 Å². The van der Waals surface area contributed by atoms with Gasteiger partial charge in [-0.1, -0.05) is 65.8 Å². The van der Waals surface area contributed by atoms with Gasteiger partial charge in [-0.2, -0.15) is 4.98 Å². The molecule has 49 heavy (non-hydrogen) atoms. The molecule has 11 heteroatoms. The molecule has 0 aliphatic carbocycles. The van der Waals surface area contributed by atoms with E-state index in [0.29, 0.717) is 17.8 Å². The van der Waals surface area contributed by atoms with E-state index in [2.05, 4.69) is 61.1 Å². The van der Waals surface area contributed by atoms with Gasteiger partial charge in [0.2, 0.25) is 11.8 Å². The SMILES string of the molecule is Cc1cccc(C)c1-c1cc2nc(n1)NS(=O)(=O)c1cccc(c1)C(=O)N(Cc1ccc(N(C)CC(C)(C)C)cn1)[C@H](CC(C)(C)C)CO2. The lowest BCUT2D eigenvalue weighted by Crippen LogP contribution is -2.45. The molecule has 5 rings (SSSR count). The van der Waals surface area contributed by atoms with Crippen molar-refractivity contribution >= 4 is 27.6 Å². The molecule has 2 aromatic carbocycles. The number of carbonyl (C=O) groups excluding carboxylic acids is 1. The summed E-state index contributed by atoms with van der Waals surface area (Å²) in [6, 6.07) is 17.3. The third kappa shape index (κ3) is 8.94. The second-order valence-electron chi connectivity index (χ2n) is 15.4. The fourth-order valence-electron chi connectivity index (χ4n) is 6.26. The summed E-state index contributed by atoms with van der Waals surface area (Å²) in [5.41, 5.74) is 5.22. The highest BCUT2D eigenvalue weighted by atomic mass is 32.2. The molecule has 10 nitrogen and oxygen atoms in total. The maximum atomic E-state index is 14.4. The van der Waals surface area contributed by atoms with Crippen LogP contribution in [0.5, 0.6) is 5.88 Å². The van der Waals surface area contributed by atoms with Crippen molar-refractivity contribution in [2.24, 2.45) is 10.8 Å². The third-order valence-electron chi connectivity index (χ3n) is 8.32. The number of pyridine rings is 1. The molecule has 260 valence electrons. The molecule has 2 aromatic heterocycles. The Morgan fingerprint density at radius 2 is 1.63 bits per heavy atom. The van der Waals surface area contributed by atoms with Crippen molar-refractivity contribution in [3.05, 3.63) is 89.2 Å². The number of aromatic nitrogens is 3. The topological polar surface area (TPSA) is 118 Å². The Bertz CT molecular complexity index is 1910. The highest BCUT2D eigenvalue weighted by Gasteiger charge is 2.32. The first-order valence-electron chi connectivity index (χ1n) is 16.6. The Morgan fingerprint density at radius 1 is 0.939 bits per heavy atom. The van der Waals surface area contributed by atoms with Crippen LogP contribution in [0.3, 0.4) is 0 Å². The van der Waals surface area contributed by atoms with Gasteiger partial charge in [0.05, 0.1) is 40.8 Å². The number of ether oxygens (including phenoxy) is 1. The van der Waals surface area contributed by atoms with Gasteiger partial charge in [-0.25, -0.2) is 18.1 Å². The van der Waals surface area contributed by atoms with Crippen LogP contribution in [0.2, 0.25) is 0 Å². The predicted octanol–water partition coefficient (Wildman–Crippen LogP) is 7.28. The van der Waals surface area contributed by atoms with Gasteiger partial charge < -0.3 is 14.5 Å². The summed E-state index contributed by atoms with van der Waals surface area (Å²) in [5.74, 6) is -0.234. The molecule has 3 heterocycles. The number of nitrogens with zero attached hydrogens (tertiary/aromatic N) is 5. The number of benzene rings is 2. The number of fused-ring (bicyclic) bond motifs is 4. The number of rotatable bonds is 6. The van der Waals surface area contributed by atoms with E-state index in [-0.39, 0.29) is 52.2 Å². The van der Waals surface area contributed by atoms with Crippen LogP contribution in [0.25, 0.3) is 11.3 Å². The van der Waals surface area contributed by atoms with Crippen LogP contribution >= 0.6 is 0 Å². The molecule has 4 bridgehead atoms. The lowest BCUT2D eigenvalue weighted by Gasteiger charge is -2.35. The molecule has 0 radical (unpaired) electrons. The molecule has 1 aliphatic heterocycles. The Morgan fingerprint density at radius 3 is 2.27 bits per heavy atom. The van der Waals surface area contributed by atoms with Crippen molar-refractivity contribution in [1.29, 1.82) is 0 Å². The van der Waals surface area contributed by atoms with Gasteiger partial charge in [-0.05, 0) is 72.6 Å². The van der Waals surface area contributed by atoms with Gasteiger partial charge in [-0.3, -0.25) is 9.78 Å². The van der Waals surface area contributed by atoms with E-state index in [0.717, 1.165) is 28.9 Å². The number of hydrogen-bond donors (Lipinski definition) is 1. The quantitative estimate of drug-likeness (QED) is 0.225. The highest BCUT2D eigenvalue weighted by Crippen LogP contribution is 2.32. The van der Waals surface area contributed by atoms with Gasteiger partial charge in [0.25, 0.3) is 15.9 Å². The molecule has 1 amide bonds. The highest BCUT2D eigenvalue weighted by molar-refractivity contribution is 7.92. The van der Waals surface area contributed by atoms with E-state index in [9.17, 15) is 13.2 Å². The second kappa shape index (κ2) is 13.8. The van der Waals surface area contributed by atoms with E-state index >= 15 is 0 Å². The lowest BCUT2D eigenvalue weighted by molar-refractivity contribution is 0.0509. The van der Waals surface area contributed by atoms with E-state index in [1.165, 1.54) is 12.1 Å². The minimum atomic E-state index is -4.16. The van der Waals surface area contributed by atoms with Crippen LogP contribution in [0.1, 0.15) is 75.1 Å². The maximum absolute atomic E-state index is 14.4. The van der Waals surface area contributed by atoms with Crippen LogP contribution < -0.4 is 14.4 Å². The Balaban J connectivity index is 1.61. The summed E-state index contributed by atoms with van der Waals surface area (Å²) < 4.78 is 36.3. The fraction of sp³-hybridized carbons (Fsp3) is 0.421. The first-order valence-corrected chi connectivity index (χ1v) is 18.1. The molecule has 1 aliphatic rings. The molecule has 0 unspecified atom stereocenters. The summed E-state index contributed by atoms with van der Waals surface area (Å²) in [6.07, 6.45) is 2.43. The molecule has 1 atom stereocenters. The van der Waals surface area contributed by atoms with E-state index in [1.807, 2.05) is 57.4 Å². The zero-order valence-electron chi connectivity index (χ0n) is 30.0. The molecule has 4 aromatic rings. The van der Waals surface area contributed by atoms with E-state index < -0.39 is 16.1 Å². The Kier molecular flexibility index (Phi) is 10.1. The summed E-state index contributed by atoms with van der Waals surface area (Å²) in [6.45, 7) is 18.1. The van der Waals surface area contributed by atoms with Gasteiger partial charge in [0.15, 0.2) is 0 Å². The summed E-state index contributed by atoms with van der Waals surface area (Å²) in [7, 11) is -2.12. The van der Waals surface area contributed by atoms with Gasteiger partial charge in [0, 0.05) is 30.8 Å².